The third-order valence-electron chi connectivity index (χ3n) is 7.98. The van der Waals surface area contributed by atoms with Crippen LogP contribution in [0.2, 0.25) is 77.6 Å². The molecule has 0 heterocycles. The van der Waals surface area contributed by atoms with E-state index in [1.165, 1.54) is 68.5 Å². The van der Waals surface area contributed by atoms with Gasteiger partial charge in [0.1, 0.15) is 0 Å². The summed E-state index contributed by atoms with van der Waals surface area (Å²) in [5.41, 5.74) is 4.30. The molecule has 0 bridgehead atoms. The maximum absolute atomic E-state index is 9.06. The third kappa shape index (κ3) is 16.5. The van der Waals surface area contributed by atoms with Crippen LogP contribution >= 0.6 is 0 Å². The molecular weight excluding hydrogens is 639 g/mol. The Bertz CT molecular complexity index is 1190. The van der Waals surface area contributed by atoms with Crippen molar-refractivity contribution < 1.29 is 16.5 Å². The van der Waals surface area contributed by atoms with Crippen molar-refractivity contribution in [2.45, 2.75) is 142 Å². The van der Waals surface area contributed by atoms with Crippen molar-refractivity contribution in [3.63, 3.8) is 0 Å². The smallest absolute Gasteiger partial charge is 0.314 e. The van der Waals surface area contributed by atoms with Crippen molar-refractivity contribution in [1.82, 2.24) is 0 Å². The summed E-state index contributed by atoms with van der Waals surface area (Å²) in [6.45, 7) is 24.7. The fourth-order valence-electron chi connectivity index (χ4n) is 6.41. The van der Waals surface area contributed by atoms with E-state index in [9.17, 15) is 0 Å². The molecule has 0 saturated carbocycles. The van der Waals surface area contributed by atoms with Crippen LogP contribution in [0, 0.1) is 11.3 Å². The molecular formula is C35H63NO4Si5. The van der Waals surface area contributed by atoms with Gasteiger partial charge in [-0.15, -0.1) is 0 Å². The normalized spacial score (nSPS) is 13.2. The van der Waals surface area contributed by atoms with Crippen molar-refractivity contribution in [3.8, 4) is 17.2 Å². The summed E-state index contributed by atoms with van der Waals surface area (Å²) in [5, 5.41) is 9.06. The van der Waals surface area contributed by atoms with Crippen LogP contribution in [-0.2, 0) is 22.9 Å². The Morgan fingerprint density at radius 3 is 1.38 bits per heavy atom. The molecule has 45 heavy (non-hydrogen) atoms. The summed E-state index contributed by atoms with van der Waals surface area (Å²) in [6, 6.07) is 21.0. The van der Waals surface area contributed by atoms with Crippen molar-refractivity contribution in [1.29, 1.82) is 5.26 Å². The van der Waals surface area contributed by atoms with E-state index in [1.807, 2.05) is 24.3 Å². The van der Waals surface area contributed by atoms with Gasteiger partial charge in [0.25, 0.3) is 0 Å². The van der Waals surface area contributed by atoms with Crippen molar-refractivity contribution in [2.24, 2.45) is 0 Å². The summed E-state index contributed by atoms with van der Waals surface area (Å²) in [4.78, 5) is 0. The minimum Gasteiger partial charge on any atom is -0.436 e. The highest BCUT2D eigenvalue weighted by molar-refractivity contribution is 6.90. The third-order valence-corrected chi connectivity index (χ3v) is 27.2. The molecule has 0 saturated heterocycles. The van der Waals surface area contributed by atoms with Crippen LogP contribution in [0.25, 0.3) is 11.1 Å². The number of nitrogens with zero attached hydrogens (tertiary/aromatic N) is 1. The quantitative estimate of drug-likeness (QED) is 0.0957. The lowest BCUT2D eigenvalue weighted by molar-refractivity contribution is 0.298. The zero-order valence-electron chi connectivity index (χ0n) is 30.5. The molecule has 0 aromatic heterocycles. The largest absolute Gasteiger partial charge is 0.436 e. The van der Waals surface area contributed by atoms with Crippen LogP contribution in [0.3, 0.4) is 0 Å². The van der Waals surface area contributed by atoms with Gasteiger partial charge in [-0.1, -0.05) is 94.7 Å². The first-order valence-corrected chi connectivity index (χ1v) is 31.9. The summed E-state index contributed by atoms with van der Waals surface area (Å²) >= 11 is 0. The minimum atomic E-state index is -2.47. The standard InChI is InChI=1S/C35H63NO4Si5/c1-12-13-14-15-16-17-18-19-29-41(2,3)37-43(6,7)39-45(10,11)40-44(8,9)38-42(4,5)30-28-32-20-24-34(25-21-32)35-26-22-33(31-36)23-27-35/h20-27H,12-19,28-30H2,1-11H3. The van der Waals surface area contributed by atoms with Gasteiger partial charge in [-0.25, -0.2) is 0 Å². The molecule has 0 N–H and O–H groups in total. The summed E-state index contributed by atoms with van der Waals surface area (Å²) < 4.78 is 27.4. The molecule has 2 aromatic carbocycles. The lowest BCUT2D eigenvalue weighted by atomic mass is 10.0. The zero-order valence-corrected chi connectivity index (χ0v) is 35.5. The van der Waals surface area contributed by atoms with Crippen LogP contribution in [0.15, 0.2) is 48.5 Å². The molecule has 5 nitrogen and oxygen atoms in total. The molecule has 0 radical (unpaired) electrons. The molecule has 2 rings (SSSR count). The maximum Gasteiger partial charge on any atom is 0.314 e. The van der Waals surface area contributed by atoms with Crippen molar-refractivity contribution in [3.05, 3.63) is 59.7 Å². The fraction of sp³-hybridized carbons (Fsp3) is 0.629. The number of nitriles is 1. The molecule has 2 aromatic rings. The molecule has 0 atom stereocenters. The highest BCUT2D eigenvalue weighted by Gasteiger charge is 2.45. The van der Waals surface area contributed by atoms with Crippen LogP contribution in [-0.4, -0.2) is 42.3 Å². The Morgan fingerprint density at radius 2 is 0.911 bits per heavy atom. The Kier molecular flexibility index (Phi) is 15.9. The first kappa shape index (κ1) is 40.0. The van der Waals surface area contributed by atoms with Crippen LogP contribution in [0.5, 0.6) is 0 Å². The number of aryl methyl sites for hydroxylation is 1. The van der Waals surface area contributed by atoms with E-state index in [0.717, 1.165) is 18.0 Å². The van der Waals surface area contributed by atoms with Crippen molar-refractivity contribution >= 4 is 42.3 Å². The fourth-order valence-corrected chi connectivity index (χ4v) is 31.0. The molecule has 252 valence electrons. The monoisotopic (exact) mass is 701 g/mol. The summed E-state index contributed by atoms with van der Waals surface area (Å²) in [5.74, 6) is 0. The topological polar surface area (TPSA) is 60.7 Å². The number of hydrogen-bond donors (Lipinski definition) is 0. The van der Waals surface area contributed by atoms with Crippen molar-refractivity contribution in [2.75, 3.05) is 0 Å². The molecule has 0 aliphatic carbocycles. The molecule has 0 fully saturated rings. The van der Waals surface area contributed by atoms with E-state index in [1.54, 1.807) is 0 Å². The number of benzene rings is 2. The first-order valence-electron chi connectivity index (χ1n) is 17.3. The molecule has 0 spiro atoms. The van der Waals surface area contributed by atoms with Gasteiger partial charge < -0.3 is 16.5 Å². The Hall–Kier alpha value is -1.15. The van der Waals surface area contributed by atoms with Crippen LogP contribution in [0.4, 0.5) is 0 Å². The van der Waals surface area contributed by atoms with Gasteiger partial charge in [-0.2, -0.15) is 5.26 Å². The van der Waals surface area contributed by atoms with Gasteiger partial charge in [-0.05, 0) is 113 Å². The van der Waals surface area contributed by atoms with Gasteiger partial charge >= 0.3 is 25.7 Å². The lowest BCUT2D eigenvalue weighted by Gasteiger charge is -2.42. The van der Waals surface area contributed by atoms with E-state index < -0.39 is 42.3 Å². The Balaban J connectivity index is 1.84. The van der Waals surface area contributed by atoms with E-state index in [0.29, 0.717) is 5.56 Å². The van der Waals surface area contributed by atoms with E-state index in [4.69, 9.17) is 21.7 Å². The maximum atomic E-state index is 9.06. The highest BCUT2D eigenvalue weighted by Crippen LogP contribution is 2.29. The molecule has 0 amide bonds. The lowest BCUT2D eigenvalue weighted by Crippen LogP contribution is -2.58. The van der Waals surface area contributed by atoms with E-state index in [-0.39, 0.29) is 0 Å². The van der Waals surface area contributed by atoms with E-state index in [2.05, 4.69) is 103 Å². The second-order valence-corrected chi connectivity index (χ2v) is 34.9. The number of hydrogen-bond acceptors (Lipinski definition) is 5. The highest BCUT2D eigenvalue weighted by atomic mass is 28.5. The number of unbranched alkanes of at least 4 members (excludes halogenated alkanes) is 7. The average molecular weight is 702 g/mol. The molecule has 0 unspecified atom stereocenters. The average Bonchev–Trinajstić information content (AvgIpc) is 2.91. The molecule has 0 aliphatic rings. The second kappa shape index (κ2) is 17.8. The zero-order chi connectivity index (χ0) is 33.8. The van der Waals surface area contributed by atoms with Gasteiger partial charge in [-0.3, -0.25) is 0 Å². The second-order valence-electron chi connectivity index (χ2n) is 15.2. The van der Waals surface area contributed by atoms with Gasteiger partial charge in [0.05, 0.1) is 11.6 Å². The SMILES string of the molecule is CCCCCCCCCC[Si](C)(C)O[Si](C)(C)O[Si](C)(C)O[Si](C)(C)O[Si](C)(C)CCc1ccc(-c2ccc(C#N)cc2)cc1. The van der Waals surface area contributed by atoms with Crippen LogP contribution < -0.4 is 0 Å². The Morgan fingerprint density at radius 1 is 0.511 bits per heavy atom. The van der Waals surface area contributed by atoms with Gasteiger partial charge in [0.2, 0.25) is 0 Å². The number of rotatable bonds is 21. The van der Waals surface area contributed by atoms with E-state index >= 15 is 0 Å². The minimum absolute atomic E-state index is 0.685. The molecule has 0 aliphatic heterocycles. The predicted octanol–water partition coefficient (Wildman–Crippen LogP) is 11.5. The summed E-state index contributed by atoms with van der Waals surface area (Å²) in [6.07, 6.45) is 11.8. The predicted molar refractivity (Wildman–Crippen MR) is 204 cm³/mol. The molecule has 10 heteroatoms. The Labute approximate surface area is 282 Å². The summed E-state index contributed by atoms with van der Waals surface area (Å²) in [7, 11) is -11.0. The van der Waals surface area contributed by atoms with Gasteiger partial charge in [0.15, 0.2) is 16.6 Å². The van der Waals surface area contributed by atoms with Crippen LogP contribution in [0.1, 0.15) is 69.4 Å². The first-order chi connectivity index (χ1) is 20.9. The van der Waals surface area contributed by atoms with Gasteiger partial charge in [0, 0.05) is 0 Å².